The second-order valence-electron chi connectivity index (χ2n) is 18.6. The summed E-state index contributed by atoms with van der Waals surface area (Å²) in [5, 5.41) is 24.1. The van der Waals surface area contributed by atoms with Gasteiger partial charge >= 0.3 is 11.9 Å². The van der Waals surface area contributed by atoms with E-state index in [1.807, 2.05) is 152 Å². The van der Waals surface area contributed by atoms with Gasteiger partial charge in [0.2, 0.25) is 12.0 Å². The van der Waals surface area contributed by atoms with E-state index in [0.29, 0.717) is 27.5 Å². The number of hydrogen-bond donors (Lipinski definition) is 3. The highest BCUT2D eigenvalue weighted by Crippen LogP contribution is 2.43. The number of carbonyl (C=O) groups is 4. The molecule has 74 heavy (non-hydrogen) atoms. The molecule has 9 rings (SSSR count). The topological polar surface area (TPSA) is 189 Å². The van der Waals surface area contributed by atoms with Gasteiger partial charge in [-0.1, -0.05) is 158 Å². The number of rotatable bonds is 16. The van der Waals surface area contributed by atoms with Gasteiger partial charge in [0, 0.05) is 27.1 Å². The normalized spacial score (nSPS) is 18.6. The van der Waals surface area contributed by atoms with Crippen LogP contribution >= 0.6 is 23.4 Å². The number of aliphatic imine (C=N–C) groups is 2. The third kappa shape index (κ3) is 11.1. The van der Waals surface area contributed by atoms with Crippen LogP contribution in [0, 0.1) is 0 Å². The summed E-state index contributed by atoms with van der Waals surface area (Å²) in [6.45, 7) is 5.21. The molecule has 0 bridgehead atoms. The molecule has 3 aliphatic heterocycles. The van der Waals surface area contributed by atoms with Gasteiger partial charge in [0.15, 0.2) is 22.8 Å². The van der Waals surface area contributed by atoms with Crippen molar-refractivity contribution >= 4 is 68.7 Å². The first-order valence-corrected chi connectivity index (χ1v) is 26.6. The predicted octanol–water partition coefficient (Wildman–Crippen LogP) is 9.63. The van der Waals surface area contributed by atoms with Crippen LogP contribution < -0.4 is 5.32 Å². The number of phenols is 2. The lowest BCUT2D eigenvalue weighted by Crippen LogP contribution is -2.72. The number of carbonyl (C=O) groups excluding carboxylic acids is 4. The molecular formula is C57H52ClN5O9S2. The molecule has 4 atom stereocenters. The Bertz CT molecular complexity index is 3040. The Balaban J connectivity index is 1.09. The van der Waals surface area contributed by atoms with Crippen molar-refractivity contribution in [1.29, 1.82) is 0 Å². The summed E-state index contributed by atoms with van der Waals surface area (Å²) in [6.07, 6.45) is -2.71. The zero-order valence-corrected chi connectivity index (χ0v) is 42.9. The molecule has 2 unspecified atom stereocenters. The van der Waals surface area contributed by atoms with Crippen molar-refractivity contribution in [2.24, 2.45) is 14.5 Å². The molecule has 1 saturated heterocycles. The number of thioether (sulfide) groups is 1. The molecule has 3 aliphatic rings. The number of nitrogens with zero attached hydrogens (tertiary/aromatic N) is 4. The van der Waals surface area contributed by atoms with Crippen molar-refractivity contribution in [2.45, 2.75) is 62.6 Å². The Kier molecular flexibility index (Phi) is 15.6. The highest BCUT2D eigenvalue weighted by atomic mass is 35.5. The molecule has 378 valence electrons. The summed E-state index contributed by atoms with van der Waals surface area (Å²) in [6, 6.07) is 50.0. The number of ether oxygens (including phenoxy) is 2. The lowest BCUT2D eigenvalue weighted by atomic mass is 9.77. The maximum absolute atomic E-state index is 14.7. The number of phenolic OH excluding ortho intramolecular Hbond substituents is 2. The first kappa shape index (κ1) is 51.5. The van der Waals surface area contributed by atoms with E-state index in [4.69, 9.17) is 40.4 Å². The molecule has 17 heteroatoms. The Morgan fingerprint density at radius 1 is 0.784 bits per heavy atom. The minimum absolute atomic E-state index is 0.00846. The predicted molar refractivity (Wildman–Crippen MR) is 286 cm³/mol. The van der Waals surface area contributed by atoms with Gasteiger partial charge in [0.05, 0.1) is 24.1 Å². The number of amidine groups is 1. The van der Waals surface area contributed by atoms with Gasteiger partial charge in [-0.2, -0.15) is 0 Å². The average molecular weight is 1050 g/mol. The Morgan fingerprint density at radius 2 is 1.32 bits per heavy atom. The van der Waals surface area contributed by atoms with E-state index in [1.165, 1.54) is 34.9 Å². The molecule has 0 radical (unpaired) electrons. The summed E-state index contributed by atoms with van der Waals surface area (Å²) < 4.78 is 16.7. The van der Waals surface area contributed by atoms with Crippen molar-refractivity contribution in [1.82, 2.24) is 10.2 Å². The lowest BCUT2D eigenvalue weighted by Gasteiger charge is -2.50. The Morgan fingerprint density at radius 3 is 1.84 bits per heavy atom. The van der Waals surface area contributed by atoms with Gasteiger partial charge in [-0.25, -0.2) is 24.4 Å². The summed E-state index contributed by atoms with van der Waals surface area (Å²) in [5.41, 5.74) is 2.34. The molecule has 0 spiro atoms. The quantitative estimate of drug-likeness (QED) is 0.0210. The number of amides is 2. The fourth-order valence-electron chi connectivity index (χ4n) is 8.93. The second kappa shape index (κ2) is 22.4. The first-order chi connectivity index (χ1) is 35.7. The van der Waals surface area contributed by atoms with Crippen LogP contribution in [-0.2, 0) is 49.7 Å². The fourth-order valence-corrected chi connectivity index (χ4v) is 11.8. The number of hydrogen-bond acceptors (Lipinski definition) is 12. The van der Waals surface area contributed by atoms with Crippen molar-refractivity contribution in [3.05, 3.63) is 214 Å². The molecule has 6 aromatic carbocycles. The number of esters is 2. The third-order valence-electron chi connectivity index (χ3n) is 12.3. The molecule has 0 saturated carbocycles. The maximum atomic E-state index is 14.7. The van der Waals surface area contributed by atoms with Crippen LogP contribution in [0.15, 0.2) is 195 Å². The molecule has 2 amide bonds. The van der Waals surface area contributed by atoms with Gasteiger partial charge in [-0.15, -0.1) is 27.9 Å². The van der Waals surface area contributed by atoms with E-state index in [-0.39, 0.29) is 34.5 Å². The van der Waals surface area contributed by atoms with Gasteiger partial charge < -0.3 is 25.0 Å². The van der Waals surface area contributed by atoms with Gasteiger partial charge in [0.25, 0.3) is 5.91 Å². The molecule has 1 fully saturated rings. The number of β-lactam (4-membered cyclic amide) rings is 1. The third-order valence-corrected chi connectivity index (χ3v) is 15.4. The maximum Gasteiger partial charge on any atom is 0.356 e. The Hall–Kier alpha value is -7.37. The standard InChI is InChI=1S/C57H52ClN5O9S2/c1-56(2,3)71-53(68)49-46(33-58)73-34-43-48(52(67)63(43)49)60-47(66)32-42-35-74(55(59-42)61-57(39-23-13-6-14-24-39,40-25-15-7-16-26-40)41-27-17-8-18-28-41)62-72-51(38-29-30-44(64)45(65)31-38)54(69)70-50(36-19-9-4-10-20-36)37-21-11-5-12-22-37/h4-31,43,48,50-51,64-65H,32-35H2,1-3H3,(H,60,66)/t43-,48+,51?,74?/m1/s1. The van der Waals surface area contributed by atoms with E-state index in [1.54, 1.807) is 20.8 Å². The smallest absolute Gasteiger partial charge is 0.356 e. The fraction of sp³-hybridized carbons (Fsp3) is 0.228. The SMILES string of the molecule is CC(C)(C)OC(=O)C1=C(CCl)SC[C@@H]2[C@H](NC(=O)CC3=NC(=NC(c4ccccc4)(c4ccccc4)c4ccccc4)S(=NOC(C(=O)OC(c4ccccc4)c4ccccc4)c4ccc(O)c(O)c4)C3)C(=O)N12. The minimum Gasteiger partial charge on any atom is -0.504 e. The number of nitrogens with one attached hydrogen (secondary N) is 1. The number of benzene rings is 6. The van der Waals surface area contributed by atoms with Gasteiger partial charge in [0.1, 0.15) is 22.9 Å². The van der Waals surface area contributed by atoms with Gasteiger partial charge in [-0.3, -0.25) is 14.5 Å². The van der Waals surface area contributed by atoms with Crippen molar-refractivity contribution in [3.63, 3.8) is 0 Å². The van der Waals surface area contributed by atoms with Gasteiger partial charge in [-0.05, 0) is 66.3 Å². The monoisotopic (exact) mass is 1050 g/mol. The molecule has 3 heterocycles. The number of alkyl halides is 1. The van der Waals surface area contributed by atoms with Crippen LogP contribution in [-0.4, -0.2) is 84.8 Å². The molecular weight excluding hydrogens is 998 g/mol. The van der Waals surface area contributed by atoms with Crippen molar-refractivity contribution in [3.8, 4) is 11.5 Å². The number of aromatic hydroxyl groups is 2. The molecule has 0 aromatic heterocycles. The van der Waals surface area contributed by atoms with Crippen LogP contribution in [0.3, 0.4) is 0 Å². The van der Waals surface area contributed by atoms with E-state index < -0.39 is 81.4 Å². The summed E-state index contributed by atoms with van der Waals surface area (Å²) in [4.78, 5) is 74.8. The summed E-state index contributed by atoms with van der Waals surface area (Å²) >= 11 is 7.59. The van der Waals surface area contributed by atoms with Crippen LogP contribution in [0.1, 0.15) is 72.8 Å². The zero-order valence-electron chi connectivity index (χ0n) is 40.5. The van der Waals surface area contributed by atoms with Crippen LogP contribution in [0.2, 0.25) is 0 Å². The minimum atomic E-state index is -1.58. The molecule has 6 aromatic rings. The van der Waals surface area contributed by atoms with E-state index in [9.17, 15) is 29.4 Å². The highest BCUT2D eigenvalue weighted by molar-refractivity contribution is 8.03. The van der Waals surface area contributed by atoms with E-state index in [0.717, 1.165) is 16.7 Å². The summed E-state index contributed by atoms with van der Waals surface area (Å²) in [5.74, 6) is -2.97. The van der Waals surface area contributed by atoms with Crippen molar-refractivity contribution in [2.75, 3.05) is 17.4 Å². The zero-order chi connectivity index (χ0) is 52.0. The van der Waals surface area contributed by atoms with E-state index >= 15 is 0 Å². The average Bonchev–Trinajstić information content (AvgIpc) is 3.79. The second-order valence-corrected chi connectivity index (χ2v) is 21.5. The van der Waals surface area contributed by atoms with Crippen molar-refractivity contribution < 1.29 is 43.7 Å². The van der Waals surface area contributed by atoms with E-state index in [2.05, 4.69) is 5.32 Å². The molecule has 14 nitrogen and oxygen atoms in total. The number of fused-ring (bicyclic) bond motifs is 1. The Labute approximate surface area is 440 Å². The van der Waals surface area contributed by atoms with Crippen LogP contribution in [0.25, 0.3) is 0 Å². The lowest BCUT2D eigenvalue weighted by molar-refractivity contribution is -0.161. The highest BCUT2D eigenvalue weighted by Gasteiger charge is 2.54. The van der Waals surface area contributed by atoms with Crippen LogP contribution in [0.5, 0.6) is 11.5 Å². The number of allylic oxidation sites excluding steroid dienone is 1. The van der Waals surface area contributed by atoms with Crippen LogP contribution in [0.4, 0.5) is 0 Å². The largest absolute Gasteiger partial charge is 0.504 e. The first-order valence-electron chi connectivity index (χ1n) is 23.7. The number of halogens is 1. The summed E-state index contributed by atoms with van der Waals surface area (Å²) in [7, 11) is -1.42. The molecule has 3 N–H and O–H groups in total. The molecule has 0 aliphatic carbocycles.